The summed E-state index contributed by atoms with van der Waals surface area (Å²) < 4.78 is 10.1. The largest absolute Gasteiger partial charge is 0.507 e. The van der Waals surface area contributed by atoms with E-state index >= 15 is 0 Å². The first-order valence-corrected chi connectivity index (χ1v) is 12.2. The number of amides is 3. The summed E-state index contributed by atoms with van der Waals surface area (Å²) in [4.78, 5) is 51.8. The van der Waals surface area contributed by atoms with E-state index in [0.717, 1.165) is 4.90 Å². The van der Waals surface area contributed by atoms with Gasteiger partial charge in [-0.3, -0.25) is 14.4 Å². The lowest BCUT2D eigenvalue weighted by Gasteiger charge is -2.34. The maximum absolute atomic E-state index is 13.5. The fraction of sp³-hybridized carbons (Fsp3) is 0.583. The second kappa shape index (κ2) is 14.5. The highest BCUT2D eigenvalue weighted by atomic mass is 32.1. The lowest BCUT2D eigenvalue weighted by atomic mass is 9.99. The molecule has 0 spiro atoms. The third-order valence-electron chi connectivity index (χ3n) is 4.85. The van der Waals surface area contributed by atoms with Crippen molar-refractivity contribution >= 4 is 36.5 Å². The van der Waals surface area contributed by atoms with Gasteiger partial charge in [-0.2, -0.15) is 12.6 Å². The van der Waals surface area contributed by atoms with Crippen LogP contribution in [0.5, 0.6) is 5.75 Å². The number of aliphatic hydroxyl groups is 1. The van der Waals surface area contributed by atoms with E-state index in [1.54, 1.807) is 46.8 Å². The Morgan fingerprint density at radius 2 is 1.86 bits per heavy atom. The number of esters is 1. The molecule has 202 valence electrons. The molecule has 3 amide bonds. The minimum absolute atomic E-state index is 0.0753. The van der Waals surface area contributed by atoms with E-state index < -0.39 is 48.2 Å². The first-order valence-electron chi connectivity index (χ1n) is 11.6. The number of phenolic OH excluding ortho intramolecular Hbond substituents is 1. The number of alkyl carbamates (subject to hydrolysis) is 1. The lowest BCUT2D eigenvalue weighted by Crippen LogP contribution is -2.54. The van der Waals surface area contributed by atoms with E-state index in [2.05, 4.69) is 23.3 Å². The normalized spacial score (nSPS) is 12.8. The Morgan fingerprint density at radius 3 is 2.42 bits per heavy atom. The van der Waals surface area contributed by atoms with Crippen LogP contribution in [0, 0.1) is 6.92 Å². The van der Waals surface area contributed by atoms with E-state index in [1.165, 1.54) is 6.07 Å². The smallest absolute Gasteiger partial charge is 0.408 e. The molecule has 0 fully saturated rings. The number of para-hydroxylation sites is 1. The SMILES string of the molecule is CCOC(=O)CCNC(=O)C(c1cccc(C)c1O)N(CCO)C(=O)C(CS)NC(=O)OC(C)(C)C. The van der Waals surface area contributed by atoms with Gasteiger partial charge in [-0.15, -0.1) is 0 Å². The lowest BCUT2D eigenvalue weighted by molar-refractivity contribution is -0.144. The van der Waals surface area contributed by atoms with Crippen LogP contribution in [0.1, 0.15) is 51.3 Å². The average molecular weight is 528 g/mol. The highest BCUT2D eigenvalue weighted by Gasteiger charge is 2.37. The van der Waals surface area contributed by atoms with Gasteiger partial charge in [0.15, 0.2) is 0 Å². The molecule has 0 aliphatic carbocycles. The highest BCUT2D eigenvalue weighted by Crippen LogP contribution is 2.32. The van der Waals surface area contributed by atoms with E-state index in [4.69, 9.17) is 9.47 Å². The number of nitrogens with one attached hydrogen (secondary N) is 2. The second-order valence-electron chi connectivity index (χ2n) is 8.90. The van der Waals surface area contributed by atoms with Crippen molar-refractivity contribution in [3.05, 3.63) is 29.3 Å². The van der Waals surface area contributed by atoms with Crippen molar-refractivity contribution in [3.63, 3.8) is 0 Å². The van der Waals surface area contributed by atoms with Crippen molar-refractivity contribution in [2.45, 2.75) is 58.7 Å². The number of rotatable bonds is 12. The van der Waals surface area contributed by atoms with Gasteiger partial charge in [0.05, 0.1) is 19.6 Å². The minimum atomic E-state index is -1.38. The summed E-state index contributed by atoms with van der Waals surface area (Å²) in [6, 6.07) is 2.14. The summed E-state index contributed by atoms with van der Waals surface area (Å²) in [5.74, 6) is -2.26. The van der Waals surface area contributed by atoms with Gasteiger partial charge in [-0.25, -0.2) is 4.79 Å². The summed E-state index contributed by atoms with van der Waals surface area (Å²) in [7, 11) is 0. The number of ether oxygens (including phenoxy) is 2. The Bertz CT molecular complexity index is 919. The molecule has 0 saturated carbocycles. The number of phenols is 1. The van der Waals surface area contributed by atoms with Crippen LogP contribution in [0.2, 0.25) is 0 Å². The van der Waals surface area contributed by atoms with Crippen molar-refractivity contribution in [1.82, 2.24) is 15.5 Å². The van der Waals surface area contributed by atoms with Crippen LogP contribution in [0.4, 0.5) is 4.79 Å². The molecule has 2 atom stereocenters. The van der Waals surface area contributed by atoms with Gasteiger partial charge >= 0.3 is 12.1 Å². The first kappa shape index (κ1) is 31.0. The number of aliphatic hydroxyl groups excluding tert-OH is 1. The molecule has 0 radical (unpaired) electrons. The monoisotopic (exact) mass is 527 g/mol. The van der Waals surface area contributed by atoms with Crippen molar-refractivity contribution in [1.29, 1.82) is 0 Å². The van der Waals surface area contributed by atoms with Gasteiger partial charge in [-0.05, 0) is 40.2 Å². The van der Waals surface area contributed by atoms with Gasteiger partial charge < -0.3 is 35.2 Å². The summed E-state index contributed by atoms with van der Waals surface area (Å²) >= 11 is 4.17. The maximum Gasteiger partial charge on any atom is 0.408 e. The fourth-order valence-corrected chi connectivity index (χ4v) is 3.53. The Hall–Kier alpha value is -2.99. The molecule has 1 aromatic rings. The Balaban J connectivity index is 3.33. The molecule has 0 aliphatic heterocycles. The molecular weight excluding hydrogens is 490 g/mol. The number of nitrogens with zero attached hydrogens (tertiary/aromatic N) is 1. The quantitative estimate of drug-likeness (QED) is 0.202. The van der Waals surface area contributed by atoms with Crippen molar-refractivity contribution < 1.29 is 38.9 Å². The van der Waals surface area contributed by atoms with Crippen LogP contribution in [-0.2, 0) is 23.9 Å². The Kier molecular flexibility index (Phi) is 12.5. The number of hydrogen-bond acceptors (Lipinski definition) is 9. The van der Waals surface area contributed by atoms with Crippen LogP contribution >= 0.6 is 12.6 Å². The first-order chi connectivity index (χ1) is 16.9. The van der Waals surface area contributed by atoms with Crippen molar-refractivity contribution in [3.8, 4) is 5.75 Å². The molecular formula is C24H37N3O8S. The molecule has 0 bridgehead atoms. The molecule has 11 nitrogen and oxygen atoms in total. The molecule has 12 heteroatoms. The second-order valence-corrected chi connectivity index (χ2v) is 9.26. The highest BCUT2D eigenvalue weighted by molar-refractivity contribution is 7.80. The summed E-state index contributed by atoms with van der Waals surface area (Å²) in [5, 5.41) is 25.4. The number of aromatic hydroxyl groups is 1. The van der Waals surface area contributed by atoms with E-state index in [9.17, 15) is 29.4 Å². The van der Waals surface area contributed by atoms with Crippen LogP contribution in [-0.4, -0.2) is 82.7 Å². The van der Waals surface area contributed by atoms with Gasteiger partial charge in [0.25, 0.3) is 0 Å². The fourth-order valence-electron chi connectivity index (χ4n) is 3.28. The third kappa shape index (κ3) is 9.57. The zero-order valence-corrected chi connectivity index (χ0v) is 22.3. The molecule has 4 N–H and O–H groups in total. The number of carbonyl (C=O) groups is 4. The Morgan fingerprint density at radius 1 is 1.19 bits per heavy atom. The zero-order chi connectivity index (χ0) is 27.5. The molecule has 0 heterocycles. The van der Waals surface area contributed by atoms with Crippen LogP contribution in [0.3, 0.4) is 0 Å². The number of thiol groups is 1. The van der Waals surface area contributed by atoms with Gasteiger partial charge in [-0.1, -0.05) is 18.2 Å². The Labute approximate surface area is 216 Å². The topological polar surface area (TPSA) is 154 Å². The van der Waals surface area contributed by atoms with Crippen molar-refractivity contribution in [2.75, 3.05) is 32.1 Å². The molecule has 0 saturated heterocycles. The van der Waals surface area contributed by atoms with E-state index in [-0.39, 0.29) is 43.2 Å². The van der Waals surface area contributed by atoms with Crippen LogP contribution < -0.4 is 10.6 Å². The average Bonchev–Trinajstić information content (AvgIpc) is 2.78. The molecule has 1 aromatic carbocycles. The van der Waals surface area contributed by atoms with Crippen molar-refractivity contribution in [2.24, 2.45) is 0 Å². The zero-order valence-electron chi connectivity index (χ0n) is 21.4. The molecule has 36 heavy (non-hydrogen) atoms. The van der Waals surface area contributed by atoms with E-state index in [0.29, 0.717) is 5.56 Å². The van der Waals surface area contributed by atoms with E-state index in [1.807, 2.05) is 0 Å². The molecule has 2 unspecified atom stereocenters. The van der Waals surface area contributed by atoms with Gasteiger partial charge in [0.2, 0.25) is 11.8 Å². The molecule has 0 aromatic heterocycles. The predicted molar refractivity (Wildman–Crippen MR) is 136 cm³/mol. The minimum Gasteiger partial charge on any atom is -0.507 e. The standard InChI is InChI=1S/C24H37N3O8S/c1-6-34-18(29)10-11-25-21(31)19(16-9-7-8-15(2)20(16)30)27(12-13-28)22(32)17(14-36)26-23(33)35-24(3,4)5/h7-9,17,19,28,30,36H,6,10-14H2,1-5H3,(H,25,31)(H,26,33). The number of benzene rings is 1. The van der Waals surface area contributed by atoms with Gasteiger partial charge in [0, 0.05) is 24.4 Å². The maximum atomic E-state index is 13.5. The summed E-state index contributed by atoms with van der Waals surface area (Å²) in [5.41, 5.74) is -0.236. The molecule has 0 aliphatic rings. The predicted octanol–water partition coefficient (Wildman–Crippen LogP) is 1.46. The number of carbonyl (C=O) groups excluding carboxylic acids is 4. The number of hydrogen-bond donors (Lipinski definition) is 5. The van der Waals surface area contributed by atoms with Crippen LogP contribution in [0.15, 0.2) is 18.2 Å². The summed E-state index contributed by atoms with van der Waals surface area (Å²) in [6.45, 7) is 7.62. The third-order valence-corrected chi connectivity index (χ3v) is 5.22. The summed E-state index contributed by atoms with van der Waals surface area (Å²) in [6.07, 6.45) is -0.952. The van der Waals surface area contributed by atoms with Gasteiger partial charge in [0.1, 0.15) is 23.4 Å². The number of aryl methyl sites for hydroxylation is 1. The van der Waals surface area contributed by atoms with Crippen LogP contribution in [0.25, 0.3) is 0 Å². The molecule has 1 rings (SSSR count).